The molecule has 8 heteroatoms. The summed E-state index contributed by atoms with van der Waals surface area (Å²) in [4.78, 5) is 38.8. The second-order valence-electron chi connectivity index (χ2n) is 7.51. The van der Waals surface area contributed by atoms with Crippen molar-refractivity contribution in [1.82, 2.24) is 5.32 Å². The number of hydrogen-bond donors (Lipinski definition) is 2. The summed E-state index contributed by atoms with van der Waals surface area (Å²) in [5, 5.41) is 5.81. The van der Waals surface area contributed by atoms with Gasteiger partial charge in [0.15, 0.2) is 0 Å². The Morgan fingerprint density at radius 2 is 1.83 bits per heavy atom. The number of benzene rings is 2. The van der Waals surface area contributed by atoms with Crippen molar-refractivity contribution in [2.45, 2.75) is 32.7 Å². The molecule has 0 radical (unpaired) electrons. The van der Waals surface area contributed by atoms with Crippen molar-refractivity contribution in [3.8, 4) is 0 Å². The van der Waals surface area contributed by atoms with Crippen LogP contribution in [0, 0.1) is 11.7 Å². The molecule has 1 aliphatic heterocycles. The molecule has 30 heavy (non-hydrogen) atoms. The molecule has 1 aliphatic rings. The van der Waals surface area contributed by atoms with E-state index in [-0.39, 0.29) is 17.4 Å². The van der Waals surface area contributed by atoms with Crippen molar-refractivity contribution in [2.75, 3.05) is 16.8 Å². The molecule has 0 saturated carbocycles. The van der Waals surface area contributed by atoms with E-state index in [4.69, 9.17) is 11.6 Å². The minimum atomic E-state index is -0.804. The monoisotopic (exact) mass is 431 g/mol. The van der Waals surface area contributed by atoms with Gasteiger partial charge in [-0.3, -0.25) is 14.4 Å². The van der Waals surface area contributed by atoms with E-state index in [2.05, 4.69) is 10.6 Å². The van der Waals surface area contributed by atoms with Crippen LogP contribution in [0.3, 0.4) is 0 Å². The van der Waals surface area contributed by atoms with Gasteiger partial charge in [-0.1, -0.05) is 25.4 Å². The van der Waals surface area contributed by atoms with E-state index in [1.807, 2.05) is 13.8 Å². The van der Waals surface area contributed by atoms with Gasteiger partial charge in [-0.2, -0.15) is 0 Å². The molecule has 1 atom stereocenters. The third-order valence-electron chi connectivity index (χ3n) is 4.92. The lowest BCUT2D eigenvalue weighted by Gasteiger charge is -2.22. The van der Waals surface area contributed by atoms with Crippen LogP contribution in [0.5, 0.6) is 0 Å². The number of rotatable bonds is 6. The lowest BCUT2D eigenvalue weighted by Crippen LogP contribution is -2.47. The van der Waals surface area contributed by atoms with Gasteiger partial charge in [-0.15, -0.1) is 0 Å². The first kappa shape index (κ1) is 21.8. The van der Waals surface area contributed by atoms with Crippen molar-refractivity contribution >= 4 is 40.7 Å². The zero-order valence-corrected chi connectivity index (χ0v) is 17.5. The molecule has 0 bridgehead atoms. The van der Waals surface area contributed by atoms with Crippen LogP contribution in [-0.4, -0.2) is 30.3 Å². The quantitative estimate of drug-likeness (QED) is 0.725. The molecule has 1 saturated heterocycles. The Bertz CT molecular complexity index is 963. The van der Waals surface area contributed by atoms with Gasteiger partial charge in [0.05, 0.1) is 10.7 Å². The highest BCUT2D eigenvalue weighted by molar-refractivity contribution is 6.34. The minimum Gasteiger partial charge on any atom is -0.340 e. The fourth-order valence-electron chi connectivity index (χ4n) is 3.29. The third kappa shape index (κ3) is 4.97. The lowest BCUT2D eigenvalue weighted by molar-refractivity contribution is -0.119. The van der Waals surface area contributed by atoms with Gasteiger partial charge >= 0.3 is 0 Å². The molecule has 2 aromatic carbocycles. The highest BCUT2D eigenvalue weighted by Crippen LogP contribution is 2.31. The van der Waals surface area contributed by atoms with E-state index in [0.717, 1.165) is 6.42 Å². The summed E-state index contributed by atoms with van der Waals surface area (Å²) in [6.07, 6.45) is 1.29. The predicted octanol–water partition coefficient (Wildman–Crippen LogP) is 4.00. The number of hydrogen-bond acceptors (Lipinski definition) is 3. The van der Waals surface area contributed by atoms with Gasteiger partial charge < -0.3 is 15.5 Å². The summed E-state index contributed by atoms with van der Waals surface area (Å²) < 4.78 is 13.1. The zero-order valence-electron chi connectivity index (χ0n) is 16.7. The number of nitrogens with zero attached hydrogens (tertiary/aromatic N) is 1. The van der Waals surface area contributed by atoms with E-state index >= 15 is 0 Å². The summed E-state index contributed by atoms with van der Waals surface area (Å²) in [6.45, 7) is 4.24. The zero-order chi connectivity index (χ0) is 21.8. The van der Waals surface area contributed by atoms with Crippen LogP contribution in [0.2, 0.25) is 5.02 Å². The maximum absolute atomic E-state index is 13.1. The Kier molecular flexibility index (Phi) is 6.72. The van der Waals surface area contributed by atoms with Crippen molar-refractivity contribution in [3.63, 3.8) is 0 Å². The Balaban J connectivity index is 1.70. The summed E-state index contributed by atoms with van der Waals surface area (Å²) in [5.41, 5.74) is 1.33. The first-order valence-electron chi connectivity index (χ1n) is 9.73. The predicted molar refractivity (Wildman–Crippen MR) is 114 cm³/mol. The second-order valence-corrected chi connectivity index (χ2v) is 7.91. The van der Waals surface area contributed by atoms with Gasteiger partial charge in [-0.05, 0) is 54.8 Å². The van der Waals surface area contributed by atoms with E-state index in [1.54, 1.807) is 23.1 Å². The van der Waals surface area contributed by atoms with Gasteiger partial charge in [-0.25, -0.2) is 4.39 Å². The van der Waals surface area contributed by atoms with E-state index in [0.29, 0.717) is 29.4 Å². The number of halogens is 2. The van der Waals surface area contributed by atoms with Crippen molar-refractivity contribution in [3.05, 3.63) is 58.9 Å². The summed E-state index contributed by atoms with van der Waals surface area (Å²) in [7, 11) is 0. The van der Waals surface area contributed by atoms with Crippen molar-refractivity contribution in [1.29, 1.82) is 0 Å². The molecule has 1 heterocycles. The molecule has 2 aromatic rings. The molecule has 3 amide bonds. The summed E-state index contributed by atoms with van der Waals surface area (Å²) in [6, 6.07) is 9.24. The van der Waals surface area contributed by atoms with Crippen LogP contribution in [0.4, 0.5) is 15.8 Å². The fourth-order valence-corrected chi connectivity index (χ4v) is 3.57. The Morgan fingerprint density at radius 3 is 2.40 bits per heavy atom. The van der Waals surface area contributed by atoms with Crippen molar-refractivity contribution < 1.29 is 18.8 Å². The third-order valence-corrected chi connectivity index (χ3v) is 5.22. The van der Waals surface area contributed by atoms with Crippen LogP contribution in [0.25, 0.3) is 0 Å². The van der Waals surface area contributed by atoms with E-state index in [1.165, 1.54) is 24.3 Å². The largest absolute Gasteiger partial charge is 0.340 e. The average molecular weight is 432 g/mol. The van der Waals surface area contributed by atoms with E-state index in [9.17, 15) is 18.8 Å². The SMILES string of the molecule is CC(C)[C@@H](NC(=O)c1ccc(F)cc1)C(=O)Nc1ccc(N2CCCC2=O)c(Cl)c1. The molecule has 0 aliphatic carbocycles. The summed E-state index contributed by atoms with van der Waals surface area (Å²) >= 11 is 6.33. The molecule has 6 nitrogen and oxygen atoms in total. The van der Waals surface area contributed by atoms with Gasteiger partial charge in [0.2, 0.25) is 11.8 Å². The van der Waals surface area contributed by atoms with Gasteiger partial charge in [0.25, 0.3) is 5.91 Å². The molecular formula is C22H23ClFN3O3. The van der Waals surface area contributed by atoms with Gasteiger partial charge in [0.1, 0.15) is 11.9 Å². The number of carbonyl (C=O) groups excluding carboxylic acids is 3. The van der Waals surface area contributed by atoms with Gasteiger partial charge in [0, 0.05) is 24.2 Å². The Morgan fingerprint density at radius 1 is 1.13 bits per heavy atom. The molecule has 2 N–H and O–H groups in total. The first-order valence-corrected chi connectivity index (χ1v) is 10.1. The standard InChI is InChI=1S/C22H23ClFN3O3/c1-13(2)20(26-21(29)14-5-7-15(24)8-6-14)22(30)25-16-9-10-18(17(23)12-16)27-11-3-4-19(27)28/h5-10,12-13,20H,3-4,11H2,1-2H3,(H,25,30)(H,26,29)/t20-/m1/s1. The van der Waals surface area contributed by atoms with Crippen LogP contribution in [-0.2, 0) is 9.59 Å². The number of amides is 3. The minimum absolute atomic E-state index is 0.0251. The molecular weight excluding hydrogens is 409 g/mol. The highest BCUT2D eigenvalue weighted by atomic mass is 35.5. The molecule has 0 spiro atoms. The number of nitrogens with one attached hydrogen (secondary N) is 2. The van der Waals surface area contributed by atoms with Crippen LogP contribution < -0.4 is 15.5 Å². The Hall–Kier alpha value is -2.93. The normalized spacial score (nSPS) is 14.7. The maximum Gasteiger partial charge on any atom is 0.251 e. The second kappa shape index (κ2) is 9.26. The first-order chi connectivity index (χ1) is 14.3. The molecule has 3 rings (SSSR count). The van der Waals surface area contributed by atoms with Crippen LogP contribution in [0.1, 0.15) is 37.0 Å². The topological polar surface area (TPSA) is 78.5 Å². The van der Waals surface area contributed by atoms with Crippen molar-refractivity contribution in [2.24, 2.45) is 5.92 Å². The molecule has 0 unspecified atom stereocenters. The molecule has 0 aromatic heterocycles. The van der Waals surface area contributed by atoms with E-state index < -0.39 is 23.7 Å². The molecule has 158 valence electrons. The molecule has 1 fully saturated rings. The smallest absolute Gasteiger partial charge is 0.251 e. The Labute approximate surface area is 179 Å². The average Bonchev–Trinajstić information content (AvgIpc) is 3.12. The highest BCUT2D eigenvalue weighted by Gasteiger charge is 2.26. The maximum atomic E-state index is 13.1. The fraction of sp³-hybridized carbons (Fsp3) is 0.318. The van der Waals surface area contributed by atoms with Crippen LogP contribution >= 0.6 is 11.6 Å². The van der Waals surface area contributed by atoms with Crippen LogP contribution in [0.15, 0.2) is 42.5 Å². The number of anilines is 2. The lowest BCUT2D eigenvalue weighted by atomic mass is 10.0. The number of carbonyl (C=O) groups is 3. The summed E-state index contributed by atoms with van der Waals surface area (Å²) in [5.74, 6) is -1.48.